The molecule has 4 nitrogen and oxygen atoms in total. The molecule has 1 heterocycles. The fourth-order valence-corrected chi connectivity index (χ4v) is 3.11. The van der Waals surface area contributed by atoms with Gasteiger partial charge in [-0.3, -0.25) is 0 Å². The molecule has 0 atom stereocenters. The van der Waals surface area contributed by atoms with E-state index in [2.05, 4.69) is 14.5 Å². The summed E-state index contributed by atoms with van der Waals surface area (Å²) in [6.07, 6.45) is -13.6. The highest BCUT2D eigenvalue weighted by molar-refractivity contribution is 7.99. The van der Waals surface area contributed by atoms with E-state index in [1.807, 2.05) is 0 Å². The van der Waals surface area contributed by atoms with E-state index in [0.717, 1.165) is 24.4 Å². The molecule has 0 amide bonds. The number of nitriles is 1. The molecule has 2 aromatic rings. The topological polar surface area (TPSA) is 55.1 Å². The highest BCUT2D eigenvalue weighted by Crippen LogP contribution is 2.44. The van der Waals surface area contributed by atoms with E-state index in [-0.39, 0.29) is 11.8 Å². The number of aromatic nitrogens is 1. The van der Waals surface area contributed by atoms with Gasteiger partial charge in [-0.1, -0.05) is 11.8 Å². The van der Waals surface area contributed by atoms with Gasteiger partial charge in [0, 0.05) is 6.20 Å². The normalized spacial score (nSPS) is 12.4. The Morgan fingerprint density at radius 3 is 2.06 bits per heavy atom. The summed E-state index contributed by atoms with van der Waals surface area (Å²) in [4.78, 5) is 3.13. The molecule has 0 saturated heterocycles. The highest BCUT2D eigenvalue weighted by Gasteiger charge is 2.35. The van der Waals surface area contributed by atoms with Gasteiger partial charge in [0.25, 0.3) is 0 Å². The van der Waals surface area contributed by atoms with Crippen molar-refractivity contribution in [3.63, 3.8) is 0 Å². The van der Waals surface area contributed by atoms with E-state index >= 15 is 0 Å². The summed E-state index contributed by atoms with van der Waals surface area (Å²) in [7, 11) is 0. The number of hydrogen-bond acceptors (Lipinski definition) is 5. The molecule has 0 radical (unpaired) electrons. The fraction of sp³-hybridized carbons (Fsp3) is 0.294. The largest absolute Gasteiger partial charge is 0.483 e. The van der Waals surface area contributed by atoms with Gasteiger partial charge in [-0.25, -0.2) is 4.98 Å². The van der Waals surface area contributed by atoms with Gasteiger partial charge in [0.05, 0.1) is 10.5 Å². The summed E-state index contributed by atoms with van der Waals surface area (Å²) < 4.78 is 123. The minimum absolute atomic E-state index is 0.228. The predicted octanol–water partition coefficient (Wildman–Crippen LogP) is 6.01. The van der Waals surface area contributed by atoms with Crippen molar-refractivity contribution in [2.75, 3.05) is 13.2 Å². The molecule has 1 aromatic carbocycles. The second-order valence-corrected chi connectivity index (χ2v) is 6.67. The average Bonchev–Trinajstić information content (AvgIpc) is 2.63. The van der Waals surface area contributed by atoms with Crippen LogP contribution in [0.2, 0.25) is 0 Å². The third kappa shape index (κ3) is 7.12. The minimum Gasteiger partial charge on any atom is -0.483 e. The molecular weight excluding hydrogens is 467 g/mol. The number of halogens is 9. The van der Waals surface area contributed by atoms with Gasteiger partial charge in [0.1, 0.15) is 22.4 Å². The van der Waals surface area contributed by atoms with Crippen LogP contribution >= 0.6 is 11.8 Å². The molecular formula is C17H9F9N2O2S. The molecule has 0 spiro atoms. The SMILES string of the molecule is N#Cc1c(OCC(F)(F)F)ccc(Sc2ncccc2C(F)(F)F)c1OCC(F)(F)F. The lowest BCUT2D eigenvalue weighted by Gasteiger charge is -2.18. The van der Waals surface area contributed by atoms with Crippen molar-refractivity contribution in [1.29, 1.82) is 5.26 Å². The van der Waals surface area contributed by atoms with E-state index in [9.17, 15) is 44.8 Å². The molecule has 0 aliphatic rings. The third-order valence-corrected chi connectivity index (χ3v) is 4.31. The first-order chi connectivity index (χ1) is 14.2. The minimum atomic E-state index is -4.90. The Labute approximate surface area is 172 Å². The zero-order valence-corrected chi connectivity index (χ0v) is 15.6. The zero-order chi connectivity index (χ0) is 23.4. The number of pyridine rings is 1. The number of alkyl halides is 9. The molecule has 1 aromatic heterocycles. The van der Waals surface area contributed by atoms with Crippen LogP contribution in [0.15, 0.2) is 40.4 Å². The molecule has 0 saturated carbocycles. The lowest BCUT2D eigenvalue weighted by Crippen LogP contribution is -2.21. The van der Waals surface area contributed by atoms with Crippen LogP contribution in [0.5, 0.6) is 11.5 Å². The van der Waals surface area contributed by atoms with E-state index < -0.39 is 64.3 Å². The van der Waals surface area contributed by atoms with Crippen molar-refractivity contribution in [3.05, 3.63) is 41.6 Å². The molecule has 0 aliphatic heterocycles. The molecule has 0 N–H and O–H groups in total. The maximum atomic E-state index is 13.2. The first-order valence-corrected chi connectivity index (χ1v) is 8.69. The summed E-state index contributed by atoms with van der Waals surface area (Å²) in [5, 5.41) is 8.59. The Hall–Kier alpha value is -2.82. The number of benzene rings is 1. The lowest BCUT2D eigenvalue weighted by atomic mass is 10.2. The Balaban J connectivity index is 2.53. The number of hydrogen-bond donors (Lipinski definition) is 0. The van der Waals surface area contributed by atoms with Crippen molar-refractivity contribution in [3.8, 4) is 17.6 Å². The third-order valence-electron chi connectivity index (χ3n) is 3.25. The van der Waals surface area contributed by atoms with Crippen LogP contribution in [0.3, 0.4) is 0 Å². The van der Waals surface area contributed by atoms with Crippen molar-refractivity contribution in [1.82, 2.24) is 4.98 Å². The van der Waals surface area contributed by atoms with Gasteiger partial charge in [-0.15, -0.1) is 0 Å². The van der Waals surface area contributed by atoms with Gasteiger partial charge < -0.3 is 9.47 Å². The van der Waals surface area contributed by atoms with E-state index in [1.54, 1.807) is 0 Å². The van der Waals surface area contributed by atoms with Crippen LogP contribution in [0.4, 0.5) is 39.5 Å². The average molecular weight is 476 g/mol. The number of ether oxygens (including phenoxy) is 2. The molecule has 0 aliphatic carbocycles. The van der Waals surface area contributed by atoms with Gasteiger partial charge >= 0.3 is 18.5 Å². The van der Waals surface area contributed by atoms with Gasteiger partial charge in [-0.05, 0) is 24.3 Å². The summed E-state index contributed by atoms with van der Waals surface area (Å²) >= 11 is 0.228. The maximum Gasteiger partial charge on any atom is 0.422 e. The zero-order valence-electron chi connectivity index (χ0n) is 14.8. The molecule has 31 heavy (non-hydrogen) atoms. The first-order valence-electron chi connectivity index (χ1n) is 7.87. The van der Waals surface area contributed by atoms with Crippen LogP contribution in [0, 0.1) is 11.3 Å². The van der Waals surface area contributed by atoms with E-state index in [1.165, 1.54) is 6.07 Å². The van der Waals surface area contributed by atoms with Crippen molar-refractivity contribution in [2.24, 2.45) is 0 Å². The second-order valence-electron chi connectivity index (χ2n) is 5.64. The smallest absolute Gasteiger partial charge is 0.422 e. The first kappa shape index (κ1) is 24.4. The molecule has 0 unspecified atom stereocenters. The molecule has 14 heteroatoms. The summed E-state index contributed by atoms with van der Waals surface area (Å²) in [5.74, 6) is -1.64. The van der Waals surface area contributed by atoms with Crippen LogP contribution in [-0.4, -0.2) is 30.6 Å². The van der Waals surface area contributed by atoms with Crippen LogP contribution in [0.25, 0.3) is 0 Å². The highest BCUT2D eigenvalue weighted by atomic mass is 32.2. The quantitative estimate of drug-likeness (QED) is 0.479. The van der Waals surface area contributed by atoms with Crippen molar-refractivity contribution in [2.45, 2.75) is 28.5 Å². The van der Waals surface area contributed by atoms with Crippen LogP contribution < -0.4 is 9.47 Å². The molecule has 0 fully saturated rings. The predicted molar refractivity (Wildman–Crippen MR) is 87.6 cm³/mol. The Morgan fingerprint density at radius 1 is 0.903 bits per heavy atom. The van der Waals surface area contributed by atoms with E-state index in [0.29, 0.717) is 6.07 Å². The van der Waals surface area contributed by atoms with Crippen LogP contribution in [0.1, 0.15) is 11.1 Å². The Kier molecular flexibility index (Phi) is 7.20. The Morgan fingerprint density at radius 2 is 1.52 bits per heavy atom. The van der Waals surface area contributed by atoms with Gasteiger partial charge in [0.15, 0.2) is 19.0 Å². The van der Waals surface area contributed by atoms with Crippen molar-refractivity contribution < 1.29 is 49.0 Å². The standard InChI is InChI=1S/C17H9F9N2O2S/c18-15(19,20)7-29-11-3-4-12(13(9(11)6-27)30-8-16(21,22)23)31-14-10(17(24,25)26)2-1-5-28-14/h1-5H,7-8H2. The molecule has 0 bridgehead atoms. The lowest BCUT2D eigenvalue weighted by molar-refractivity contribution is -0.154. The fourth-order valence-electron chi connectivity index (χ4n) is 2.10. The van der Waals surface area contributed by atoms with Gasteiger partial charge in [0.2, 0.25) is 0 Å². The summed E-state index contributed by atoms with van der Waals surface area (Å²) in [6.45, 7) is -3.81. The molecule has 2 rings (SSSR count). The maximum absolute atomic E-state index is 13.2. The second kappa shape index (κ2) is 9.13. The number of nitrogens with zero attached hydrogens (tertiary/aromatic N) is 2. The monoisotopic (exact) mass is 476 g/mol. The van der Waals surface area contributed by atoms with Crippen molar-refractivity contribution >= 4 is 11.8 Å². The van der Waals surface area contributed by atoms with E-state index in [4.69, 9.17) is 0 Å². The number of rotatable bonds is 6. The molecule has 168 valence electrons. The van der Waals surface area contributed by atoms with Crippen LogP contribution in [-0.2, 0) is 6.18 Å². The summed E-state index contributed by atoms with van der Waals surface area (Å²) in [5.41, 5.74) is -2.05. The Bertz CT molecular complexity index is 966. The summed E-state index contributed by atoms with van der Waals surface area (Å²) in [6, 6.07) is 4.72. The van der Waals surface area contributed by atoms with Gasteiger partial charge in [-0.2, -0.15) is 44.8 Å².